The third-order valence-corrected chi connectivity index (χ3v) is 3.77. The van der Waals surface area contributed by atoms with Crippen LogP contribution in [0.25, 0.3) is 0 Å². The monoisotopic (exact) mass is 241 g/mol. The first kappa shape index (κ1) is 11.5. The van der Waals surface area contributed by atoms with Gasteiger partial charge >= 0.3 is 5.00 Å². The van der Waals surface area contributed by atoms with Crippen molar-refractivity contribution in [2.75, 3.05) is 13.1 Å². The van der Waals surface area contributed by atoms with Crippen molar-refractivity contribution in [2.24, 2.45) is 0 Å². The lowest BCUT2D eigenvalue weighted by atomic mass is 10.1. The molecule has 1 saturated heterocycles. The van der Waals surface area contributed by atoms with Crippen LogP contribution >= 0.6 is 11.3 Å². The first-order valence-corrected chi connectivity index (χ1v) is 6.24. The van der Waals surface area contributed by atoms with Crippen LogP contribution in [0.4, 0.5) is 5.00 Å². The van der Waals surface area contributed by atoms with Crippen LogP contribution in [0.2, 0.25) is 0 Å². The minimum Gasteiger partial charge on any atom is -0.317 e. The number of hydrogen-bond donors (Lipinski definition) is 2. The second kappa shape index (κ2) is 5.38. The Labute approximate surface area is 98.0 Å². The zero-order valence-electron chi connectivity index (χ0n) is 8.94. The molecule has 1 aliphatic heterocycles. The van der Waals surface area contributed by atoms with Crippen molar-refractivity contribution in [1.82, 2.24) is 10.6 Å². The van der Waals surface area contributed by atoms with Gasteiger partial charge in [-0.15, -0.1) is 0 Å². The number of rotatable bonds is 4. The lowest BCUT2D eigenvalue weighted by Gasteiger charge is -2.23. The summed E-state index contributed by atoms with van der Waals surface area (Å²) in [7, 11) is 0. The van der Waals surface area contributed by atoms with Crippen molar-refractivity contribution in [1.29, 1.82) is 0 Å². The molecule has 0 atom stereocenters. The highest BCUT2D eigenvalue weighted by molar-refractivity contribution is 7.15. The Bertz CT molecular complexity index is 361. The van der Waals surface area contributed by atoms with Crippen LogP contribution in [0.1, 0.15) is 17.7 Å². The van der Waals surface area contributed by atoms with Crippen molar-refractivity contribution in [3.05, 3.63) is 27.1 Å². The van der Waals surface area contributed by atoms with E-state index in [0.717, 1.165) is 37.4 Å². The highest BCUT2D eigenvalue weighted by Crippen LogP contribution is 2.23. The van der Waals surface area contributed by atoms with Gasteiger partial charge in [0.25, 0.3) is 0 Å². The van der Waals surface area contributed by atoms with Gasteiger partial charge in [-0.25, -0.2) is 0 Å². The number of piperidine rings is 1. The number of nitro groups is 1. The molecule has 1 aromatic rings. The molecular weight excluding hydrogens is 226 g/mol. The molecule has 0 radical (unpaired) electrons. The molecule has 16 heavy (non-hydrogen) atoms. The van der Waals surface area contributed by atoms with E-state index in [-0.39, 0.29) is 9.92 Å². The van der Waals surface area contributed by atoms with E-state index >= 15 is 0 Å². The Morgan fingerprint density at radius 3 is 2.88 bits per heavy atom. The average molecular weight is 241 g/mol. The fourth-order valence-electron chi connectivity index (χ4n) is 1.83. The highest BCUT2D eigenvalue weighted by Gasteiger charge is 2.14. The first-order valence-electron chi connectivity index (χ1n) is 5.43. The lowest BCUT2D eigenvalue weighted by molar-refractivity contribution is -0.380. The molecule has 0 saturated carbocycles. The van der Waals surface area contributed by atoms with Crippen LogP contribution in [-0.4, -0.2) is 24.1 Å². The van der Waals surface area contributed by atoms with Crippen molar-refractivity contribution >= 4 is 16.3 Å². The molecule has 0 aliphatic carbocycles. The van der Waals surface area contributed by atoms with Crippen molar-refractivity contribution in [3.8, 4) is 0 Å². The van der Waals surface area contributed by atoms with Crippen LogP contribution in [-0.2, 0) is 6.54 Å². The molecule has 1 fully saturated rings. The summed E-state index contributed by atoms with van der Waals surface area (Å²) >= 11 is 1.25. The van der Waals surface area contributed by atoms with Crippen LogP contribution in [0.15, 0.2) is 12.1 Å². The first-order chi connectivity index (χ1) is 7.75. The Morgan fingerprint density at radius 1 is 1.50 bits per heavy atom. The molecule has 0 amide bonds. The predicted octanol–water partition coefficient (Wildman–Crippen LogP) is 1.50. The fraction of sp³-hybridized carbons (Fsp3) is 0.600. The Morgan fingerprint density at radius 2 is 2.25 bits per heavy atom. The zero-order chi connectivity index (χ0) is 11.4. The number of nitrogens with one attached hydrogen (secondary N) is 2. The van der Waals surface area contributed by atoms with E-state index in [2.05, 4.69) is 10.6 Å². The second-order valence-corrected chi connectivity index (χ2v) is 5.05. The third-order valence-electron chi connectivity index (χ3n) is 2.73. The molecule has 2 N–H and O–H groups in total. The maximum absolute atomic E-state index is 10.5. The summed E-state index contributed by atoms with van der Waals surface area (Å²) < 4.78 is 0. The minimum absolute atomic E-state index is 0.224. The summed E-state index contributed by atoms with van der Waals surface area (Å²) in [6.07, 6.45) is 2.26. The van der Waals surface area contributed by atoms with E-state index in [9.17, 15) is 10.1 Å². The predicted molar refractivity (Wildman–Crippen MR) is 63.7 cm³/mol. The van der Waals surface area contributed by atoms with Gasteiger partial charge in [0.05, 0.1) is 4.92 Å². The van der Waals surface area contributed by atoms with Crippen molar-refractivity contribution in [3.63, 3.8) is 0 Å². The van der Waals surface area contributed by atoms with Crippen LogP contribution < -0.4 is 10.6 Å². The average Bonchev–Trinajstić information content (AvgIpc) is 2.76. The molecule has 1 aliphatic rings. The summed E-state index contributed by atoms with van der Waals surface area (Å²) in [5, 5.41) is 17.5. The van der Waals surface area contributed by atoms with E-state index in [4.69, 9.17) is 0 Å². The summed E-state index contributed by atoms with van der Waals surface area (Å²) in [6.45, 7) is 2.85. The highest BCUT2D eigenvalue weighted by atomic mass is 32.1. The van der Waals surface area contributed by atoms with E-state index in [1.807, 2.05) is 6.07 Å². The van der Waals surface area contributed by atoms with E-state index < -0.39 is 0 Å². The molecule has 0 spiro atoms. The molecule has 0 unspecified atom stereocenters. The fourth-order valence-corrected chi connectivity index (χ4v) is 2.60. The van der Waals surface area contributed by atoms with Crippen molar-refractivity contribution in [2.45, 2.75) is 25.4 Å². The van der Waals surface area contributed by atoms with E-state index in [1.165, 1.54) is 11.3 Å². The topological polar surface area (TPSA) is 67.2 Å². The summed E-state index contributed by atoms with van der Waals surface area (Å²) in [4.78, 5) is 11.2. The lowest BCUT2D eigenvalue weighted by Crippen LogP contribution is -2.39. The molecule has 0 bridgehead atoms. The molecule has 5 nitrogen and oxygen atoms in total. The van der Waals surface area contributed by atoms with E-state index in [0.29, 0.717) is 6.04 Å². The van der Waals surface area contributed by atoms with Crippen molar-refractivity contribution < 1.29 is 4.92 Å². The zero-order valence-corrected chi connectivity index (χ0v) is 9.76. The molecule has 2 rings (SSSR count). The Hall–Kier alpha value is -0.980. The van der Waals surface area contributed by atoms with Gasteiger partial charge in [0.15, 0.2) is 0 Å². The number of nitrogens with zero attached hydrogens (tertiary/aromatic N) is 1. The van der Waals surface area contributed by atoms with Gasteiger partial charge in [0, 0.05) is 23.5 Å². The van der Waals surface area contributed by atoms with Crippen LogP contribution in [0, 0.1) is 10.1 Å². The standard InChI is InChI=1S/C10H15N3O2S/c14-13(15)10-2-1-9(16-10)7-12-8-3-5-11-6-4-8/h1-2,8,11-12H,3-7H2. The van der Waals surface area contributed by atoms with Gasteiger partial charge in [0.1, 0.15) is 0 Å². The largest absolute Gasteiger partial charge is 0.324 e. The molecule has 0 aromatic carbocycles. The van der Waals surface area contributed by atoms with Gasteiger partial charge in [-0.3, -0.25) is 10.1 Å². The van der Waals surface area contributed by atoms with Gasteiger partial charge in [-0.2, -0.15) is 0 Å². The number of thiophene rings is 1. The Balaban J connectivity index is 1.81. The summed E-state index contributed by atoms with van der Waals surface area (Å²) in [5.74, 6) is 0. The molecular formula is C10H15N3O2S. The normalized spacial score (nSPS) is 17.5. The molecule has 88 valence electrons. The molecule has 6 heteroatoms. The second-order valence-electron chi connectivity index (χ2n) is 3.90. The van der Waals surface area contributed by atoms with E-state index in [1.54, 1.807) is 6.07 Å². The minimum atomic E-state index is -0.335. The quantitative estimate of drug-likeness (QED) is 0.619. The third kappa shape index (κ3) is 3.01. The van der Waals surface area contributed by atoms with Gasteiger partial charge in [-0.05, 0) is 32.0 Å². The maximum Gasteiger partial charge on any atom is 0.324 e. The number of hydrogen-bond acceptors (Lipinski definition) is 5. The van der Waals surface area contributed by atoms with Crippen LogP contribution in [0.3, 0.4) is 0 Å². The summed E-state index contributed by atoms with van der Waals surface area (Å²) in [5.41, 5.74) is 0. The van der Waals surface area contributed by atoms with Gasteiger partial charge < -0.3 is 10.6 Å². The molecule has 2 heterocycles. The van der Waals surface area contributed by atoms with Crippen LogP contribution in [0.5, 0.6) is 0 Å². The summed E-state index contributed by atoms with van der Waals surface area (Å²) in [6, 6.07) is 3.95. The van der Waals surface area contributed by atoms with Gasteiger partial charge in [0.2, 0.25) is 0 Å². The molecule has 1 aromatic heterocycles. The van der Waals surface area contributed by atoms with Gasteiger partial charge in [-0.1, -0.05) is 11.3 Å². The SMILES string of the molecule is O=[N+]([O-])c1ccc(CNC2CCNCC2)s1. The Kier molecular flexibility index (Phi) is 3.87. The smallest absolute Gasteiger partial charge is 0.317 e. The maximum atomic E-state index is 10.5.